The zero-order chi connectivity index (χ0) is 38.3. The fourth-order valence-corrected chi connectivity index (χ4v) is 5.88. The Morgan fingerprint density at radius 2 is 0.815 bits per heavy atom. The van der Waals surface area contributed by atoms with Crippen LogP contribution in [-0.4, -0.2) is 42.4 Å². The molecule has 18 heteroatoms. The minimum atomic E-state index is -0.849. The van der Waals surface area contributed by atoms with Crippen LogP contribution in [0.2, 0.25) is 10.0 Å². The van der Waals surface area contributed by atoms with Gasteiger partial charge >= 0.3 is 0 Å². The molecule has 7 aromatic rings. The highest BCUT2D eigenvalue weighted by Gasteiger charge is 2.25. The maximum absolute atomic E-state index is 13.5. The van der Waals surface area contributed by atoms with Gasteiger partial charge in [0.25, 0.3) is 34.7 Å². The molecule has 54 heavy (non-hydrogen) atoms. The molecule has 0 aliphatic rings. The lowest BCUT2D eigenvalue weighted by Crippen LogP contribution is -2.28. The summed E-state index contributed by atoms with van der Waals surface area (Å²) in [6.45, 7) is 0. The number of carbonyl (C=O) groups is 4. The Bertz CT molecular complexity index is 2600. The molecule has 0 atom stereocenters. The monoisotopic (exact) mass is 768 g/mol. The van der Waals surface area contributed by atoms with Gasteiger partial charge in [-0.2, -0.15) is 0 Å². The number of hydrogen-bond donors (Lipinski definition) is 4. The summed E-state index contributed by atoms with van der Waals surface area (Å²) < 4.78 is 28.4. The molecule has 0 aliphatic carbocycles. The molecular formula is C36H20Cl2F2N8O6. The number of halogens is 4. The number of benzene rings is 4. The number of amides is 4. The smallest absolute Gasteiger partial charge is 0.283 e. The van der Waals surface area contributed by atoms with Crippen LogP contribution >= 0.6 is 23.2 Å². The van der Waals surface area contributed by atoms with Gasteiger partial charge in [-0.1, -0.05) is 23.2 Å². The summed E-state index contributed by atoms with van der Waals surface area (Å²) in [5.74, 6) is -4.03. The molecule has 0 unspecified atom stereocenters. The van der Waals surface area contributed by atoms with Crippen LogP contribution in [0.25, 0.3) is 11.0 Å². The highest BCUT2D eigenvalue weighted by Crippen LogP contribution is 2.22. The zero-order valence-electron chi connectivity index (χ0n) is 27.0. The first-order valence-corrected chi connectivity index (χ1v) is 16.2. The van der Waals surface area contributed by atoms with E-state index in [4.69, 9.17) is 23.2 Å². The summed E-state index contributed by atoms with van der Waals surface area (Å²) in [5.41, 5.74) is -1.90. The second kappa shape index (κ2) is 14.2. The Hall–Kier alpha value is -7.04. The molecule has 0 aliphatic heterocycles. The number of carbonyl (C=O) groups excluding carboxylic acids is 4. The number of nitrogens with one attached hydrogen (secondary N) is 4. The van der Waals surface area contributed by atoms with Gasteiger partial charge in [0.15, 0.2) is 11.4 Å². The molecule has 0 fully saturated rings. The molecule has 3 aromatic heterocycles. The second-order valence-corrected chi connectivity index (χ2v) is 12.3. The van der Waals surface area contributed by atoms with Crippen LogP contribution in [0.4, 0.5) is 31.5 Å². The normalized spacial score (nSPS) is 11.0. The molecule has 4 amide bonds. The second-order valence-electron chi connectivity index (χ2n) is 11.5. The maximum Gasteiger partial charge on any atom is 0.283 e. The molecule has 0 spiro atoms. The highest BCUT2D eigenvalue weighted by molar-refractivity contribution is 6.35. The lowest BCUT2D eigenvalue weighted by molar-refractivity contribution is 0.101. The van der Waals surface area contributed by atoms with E-state index in [2.05, 4.69) is 31.2 Å². The number of aromatic nitrogens is 4. The molecule has 0 saturated heterocycles. The summed E-state index contributed by atoms with van der Waals surface area (Å²) in [5, 5.41) is 10.2. The average molecular weight is 770 g/mol. The van der Waals surface area contributed by atoms with Gasteiger partial charge in [-0.05, 0) is 84.9 Å². The number of rotatable bonds is 8. The molecule has 4 aromatic carbocycles. The van der Waals surface area contributed by atoms with Gasteiger partial charge in [0.2, 0.25) is 0 Å². The summed E-state index contributed by atoms with van der Waals surface area (Å²) in [6.07, 6.45) is 1.96. The van der Waals surface area contributed by atoms with Crippen LogP contribution in [0.15, 0.2) is 107 Å². The Labute approximate surface area is 310 Å². The van der Waals surface area contributed by atoms with E-state index in [9.17, 15) is 37.5 Å². The van der Waals surface area contributed by atoms with E-state index in [1.165, 1.54) is 60.7 Å². The van der Waals surface area contributed by atoms with Crippen LogP contribution in [-0.2, 0) is 0 Å². The average Bonchev–Trinajstić information content (AvgIpc) is 3.79. The lowest BCUT2D eigenvalue weighted by Gasteiger charge is -2.09. The van der Waals surface area contributed by atoms with Crippen molar-refractivity contribution in [3.63, 3.8) is 0 Å². The number of imidazole rings is 2. The van der Waals surface area contributed by atoms with Crippen molar-refractivity contribution in [2.75, 3.05) is 21.3 Å². The molecule has 14 nitrogen and oxygen atoms in total. The maximum atomic E-state index is 13.5. The number of fused-ring (bicyclic) bond motifs is 2. The summed E-state index contributed by atoms with van der Waals surface area (Å²) in [4.78, 5) is 86.6. The van der Waals surface area contributed by atoms with Gasteiger partial charge in [0, 0.05) is 22.7 Å². The van der Waals surface area contributed by atoms with Crippen LogP contribution in [0.5, 0.6) is 0 Å². The van der Waals surface area contributed by atoms with Crippen LogP contribution in [0, 0.1) is 11.6 Å². The van der Waals surface area contributed by atoms with Crippen molar-refractivity contribution in [3.05, 3.63) is 162 Å². The zero-order valence-corrected chi connectivity index (χ0v) is 28.5. The molecule has 268 valence electrons. The molecule has 7 rings (SSSR count). The SMILES string of the molecule is O=C(Nc1ccc(NC(=O)c2ncn3c(=O)c4c(C(=O)Nc5ccc(NC(=O)c6ccc(F)cc6Cl)cc5)ncn4c(=O)c23)cc1)c1ccc(F)cc1Cl. The summed E-state index contributed by atoms with van der Waals surface area (Å²) in [6, 6.07) is 18.4. The number of anilines is 4. The molecule has 0 radical (unpaired) electrons. The van der Waals surface area contributed by atoms with Gasteiger partial charge in [-0.25, -0.2) is 18.7 Å². The van der Waals surface area contributed by atoms with Crippen molar-refractivity contribution in [1.82, 2.24) is 18.8 Å². The van der Waals surface area contributed by atoms with Crippen molar-refractivity contribution in [2.24, 2.45) is 0 Å². The molecule has 0 saturated carbocycles. The minimum absolute atomic E-state index is 0.0545. The predicted molar refractivity (Wildman–Crippen MR) is 195 cm³/mol. The van der Waals surface area contributed by atoms with Crippen molar-refractivity contribution in [3.8, 4) is 0 Å². The molecule has 4 N–H and O–H groups in total. The van der Waals surface area contributed by atoms with Gasteiger partial charge in [0.05, 0.1) is 21.2 Å². The minimum Gasteiger partial charge on any atom is -0.322 e. The van der Waals surface area contributed by atoms with Crippen molar-refractivity contribution in [1.29, 1.82) is 0 Å². The first-order chi connectivity index (χ1) is 25.9. The number of hydrogen-bond acceptors (Lipinski definition) is 8. The fraction of sp³-hybridized carbons (Fsp3) is 0. The third kappa shape index (κ3) is 6.81. The third-order valence-corrected chi connectivity index (χ3v) is 8.59. The fourth-order valence-electron chi connectivity index (χ4n) is 5.37. The van der Waals surface area contributed by atoms with Crippen molar-refractivity contribution < 1.29 is 28.0 Å². The van der Waals surface area contributed by atoms with E-state index < -0.39 is 46.4 Å². The Morgan fingerprint density at radius 1 is 0.500 bits per heavy atom. The lowest BCUT2D eigenvalue weighted by atomic mass is 10.2. The first kappa shape index (κ1) is 35.4. The van der Waals surface area contributed by atoms with Crippen LogP contribution in [0.1, 0.15) is 41.7 Å². The van der Waals surface area contributed by atoms with Crippen LogP contribution < -0.4 is 32.4 Å². The molecule has 0 bridgehead atoms. The Balaban J connectivity index is 1.05. The highest BCUT2D eigenvalue weighted by atomic mass is 35.5. The van der Waals surface area contributed by atoms with E-state index >= 15 is 0 Å². The van der Waals surface area contributed by atoms with Gasteiger partial charge < -0.3 is 21.3 Å². The van der Waals surface area contributed by atoms with Crippen molar-refractivity contribution >= 4 is 80.6 Å². The van der Waals surface area contributed by atoms with E-state index in [0.29, 0.717) is 11.4 Å². The topological polar surface area (TPSA) is 185 Å². The predicted octanol–water partition coefficient (Wildman–Crippen LogP) is 5.73. The summed E-state index contributed by atoms with van der Waals surface area (Å²) in [7, 11) is 0. The van der Waals surface area contributed by atoms with Crippen molar-refractivity contribution in [2.45, 2.75) is 0 Å². The van der Waals surface area contributed by atoms with E-state index in [1.54, 1.807) is 0 Å². The Kier molecular flexibility index (Phi) is 9.28. The van der Waals surface area contributed by atoms with E-state index in [-0.39, 0.29) is 55.0 Å². The van der Waals surface area contributed by atoms with Gasteiger partial charge in [0.1, 0.15) is 35.3 Å². The number of nitrogens with zero attached hydrogens (tertiary/aromatic N) is 4. The van der Waals surface area contributed by atoms with Crippen LogP contribution in [0.3, 0.4) is 0 Å². The van der Waals surface area contributed by atoms with Gasteiger partial charge in [-0.15, -0.1) is 0 Å². The van der Waals surface area contributed by atoms with E-state index in [1.807, 2.05) is 0 Å². The third-order valence-electron chi connectivity index (χ3n) is 7.96. The largest absolute Gasteiger partial charge is 0.322 e. The van der Waals surface area contributed by atoms with E-state index in [0.717, 1.165) is 45.7 Å². The standard InChI is InChI=1S/C36H20Cl2F2N8O6/c37-25-13-17(39)1-11-23(25)31(49)43-19-3-7-21(8-4-19)45-33(51)27-29-35(53)48-16-42-28(30(48)36(54)47(29)15-41-27)34(52)46-22-9-5-20(6-10-22)44-32(50)24-12-2-18(40)14-26(24)38/h1-16H,(H,43,49)(H,44,50)(H,45,51)(H,46,52). The molecular weight excluding hydrogens is 749 g/mol. The first-order valence-electron chi connectivity index (χ1n) is 15.5. The van der Waals surface area contributed by atoms with Gasteiger partial charge in [-0.3, -0.25) is 37.6 Å². The Morgan fingerprint density at radius 3 is 1.13 bits per heavy atom. The molecule has 3 heterocycles. The quantitative estimate of drug-likeness (QED) is 0.151. The summed E-state index contributed by atoms with van der Waals surface area (Å²) >= 11 is 11.9.